The molecule has 0 amide bonds. The standard InChI is InChI=1S/C13H13BrN2S2/c1-8-4-5-18-12(8)7-16-11-3-2-9(14)6-10(11)13(15)17/h2-6,16H,7H2,1H3,(H2,15,17). The average Bonchev–Trinajstić information content (AvgIpc) is 2.73. The topological polar surface area (TPSA) is 38.0 Å². The summed E-state index contributed by atoms with van der Waals surface area (Å²) in [5.41, 5.74) is 8.88. The zero-order chi connectivity index (χ0) is 13.1. The number of benzene rings is 1. The van der Waals surface area contributed by atoms with E-state index in [9.17, 15) is 0 Å². The molecule has 94 valence electrons. The highest BCUT2D eigenvalue weighted by molar-refractivity contribution is 9.10. The van der Waals surface area contributed by atoms with Crippen LogP contribution in [0.15, 0.2) is 34.1 Å². The SMILES string of the molecule is Cc1ccsc1CNc1ccc(Br)cc1C(N)=S. The molecule has 0 aliphatic heterocycles. The molecule has 2 nitrogen and oxygen atoms in total. The van der Waals surface area contributed by atoms with Gasteiger partial charge in [0.05, 0.1) is 0 Å². The molecule has 0 spiro atoms. The molecule has 1 aromatic heterocycles. The minimum atomic E-state index is 0.404. The maximum absolute atomic E-state index is 5.74. The maximum Gasteiger partial charge on any atom is 0.106 e. The molecule has 0 unspecified atom stereocenters. The summed E-state index contributed by atoms with van der Waals surface area (Å²) < 4.78 is 0.975. The van der Waals surface area contributed by atoms with Crippen LogP contribution in [0.1, 0.15) is 16.0 Å². The van der Waals surface area contributed by atoms with Crippen molar-refractivity contribution in [3.63, 3.8) is 0 Å². The number of nitrogens with two attached hydrogens (primary N) is 1. The minimum Gasteiger partial charge on any atom is -0.389 e. The zero-order valence-electron chi connectivity index (χ0n) is 9.87. The summed E-state index contributed by atoms with van der Waals surface area (Å²) in [6.45, 7) is 2.91. The normalized spacial score (nSPS) is 10.3. The van der Waals surface area contributed by atoms with E-state index in [2.05, 4.69) is 39.6 Å². The Hall–Kier alpha value is -0.910. The summed E-state index contributed by atoms with van der Waals surface area (Å²) in [6, 6.07) is 8.02. The first kappa shape index (κ1) is 13.5. The predicted molar refractivity (Wildman–Crippen MR) is 86.4 cm³/mol. The second kappa shape index (κ2) is 5.82. The van der Waals surface area contributed by atoms with Crippen LogP contribution in [0.25, 0.3) is 0 Å². The van der Waals surface area contributed by atoms with Gasteiger partial charge in [-0.3, -0.25) is 0 Å². The van der Waals surface area contributed by atoms with Crippen LogP contribution in [0.4, 0.5) is 5.69 Å². The lowest BCUT2D eigenvalue weighted by Gasteiger charge is -2.11. The van der Waals surface area contributed by atoms with Crippen LogP contribution < -0.4 is 11.1 Å². The van der Waals surface area contributed by atoms with E-state index in [0.717, 1.165) is 22.3 Å². The number of hydrogen-bond acceptors (Lipinski definition) is 3. The van der Waals surface area contributed by atoms with Gasteiger partial charge in [0, 0.05) is 27.1 Å². The molecule has 5 heteroatoms. The quantitative estimate of drug-likeness (QED) is 0.824. The predicted octanol–water partition coefficient (Wildman–Crippen LogP) is 4.07. The summed E-state index contributed by atoms with van der Waals surface area (Å²) in [5, 5.41) is 5.49. The first-order valence-corrected chi connectivity index (χ1v) is 7.52. The Kier molecular flexibility index (Phi) is 4.37. The summed E-state index contributed by atoms with van der Waals surface area (Å²) in [7, 11) is 0. The molecule has 0 fully saturated rings. The van der Waals surface area contributed by atoms with Crippen LogP contribution in [0, 0.1) is 6.92 Å². The molecule has 0 bridgehead atoms. The lowest BCUT2D eigenvalue weighted by Crippen LogP contribution is -2.13. The monoisotopic (exact) mass is 340 g/mol. The highest BCUT2D eigenvalue weighted by atomic mass is 79.9. The van der Waals surface area contributed by atoms with Gasteiger partial charge in [-0.1, -0.05) is 28.1 Å². The van der Waals surface area contributed by atoms with Crippen LogP contribution in [-0.2, 0) is 6.54 Å². The van der Waals surface area contributed by atoms with Crippen molar-refractivity contribution in [3.8, 4) is 0 Å². The van der Waals surface area contributed by atoms with Crippen molar-refractivity contribution in [1.29, 1.82) is 0 Å². The van der Waals surface area contributed by atoms with Gasteiger partial charge < -0.3 is 11.1 Å². The fraction of sp³-hybridized carbons (Fsp3) is 0.154. The number of hydrogen-bond donors (Lipinski definition) is 2. The van der Waals surface area contributed by atoms with Gasteiger partial charge in [0.2, 0.25) is 0 Å². The molecule has 1 aromatic carbocycles. The Bertz CT molecular complexity index is 578. The van der Waals surface area contributed by atoms with E-state index in [-0.39, 0.29) is 0 Å². The Labute approximate surface area is 124 Å². The van der Waals surface area contributed by atoms with Gasteiger partial charge in [-0.2, -0.15) is 0 Å². The third-order valence-corrected chi connectivity index (χ3v) is 4.39. The second-order valence-corrected chi connectivity index (χ2v) is 6.29. The first-order chi connectivity index (χ1) is 8.58. The fourth-order valence-corrected chi connectivity index (χ4v) is 3.01. The third-order valence-electron chi connectivity index (χ3n) is 2.65. The van der Waals surface area contributed by atoms with Crippen LogP contribution >= 0.6 is 39.5 Å². The molecule has 3 N–H and O–H groups in total. The minimum absolute atomic E-state index is 0.404. The molecule has 2 aromatic rings. The van der Waals surface area contributed by atoms with Gasteiger partial charge in [-0.25, -0.2) is 0 Å². The largest absolute Gasteiger partial charge is 0.389 e. The van der Waals surface area contributed by atoms with Crippen molar-refractivity contribution in [2.75, 3.05) is 5.32 Å². The molecular weight excluding hydrogens is 328 g/mol. The van der Waals surface area contributed by atoms with Crippen LogP contribution in [-0.4, -0.2) is 4.99 Å². The van der Waals surface area contributed by atoms with E-state index in [1.54, 1.807) is 11.3 Å². The Morgan fingerprint density at radius 1 is 1.44 bits per heavy atom. The molecule has 1 heterocycles. The molecule has 0 aliphatic carbocycles. The van der Waals surface area contributed by atoms with E-state index < -0.39 is 0 Å². The zero-order valence-corrected chi connectivity index (χ0v) is 13.1. The van der Waals surface area contributed by atoms with Crippen molar-refractivity contribution >= 4 is 50.2 Å². The molecule has 0 saturated carbocycles. The highest BCUT2D eigenvalue weighted by Gasteiger charge is 2.07. The molecule has 0 saturated heterocycles. The van der Waals surface area contributed by atoms with Gasteiger partial charge in [0.25, 0.3) is 0 Å². The summed E-state index contributed by atoms with van der Waals surface area (Å²) in [6.07, 6.45) is 0. The third kappa shape index (κ3) is 3.10. The molecule has 0 radical (unpaired) electrons. The van der Waals surface area contributed by atoms with E-state index in [1.165, 1.54) is 10.4 Å². The second-order valence-electron chi connectivity index (χ2n) is 3.93. The summed E-state index contributed by atoms with van der Waals surface area (Å²) in [5.74, 6) is 0. The molecule has 2 rings (SSSR count). The smallest absolute Gasteiger partial charge is 0.106 e. The van der Waals surface area contributed by atoms with Gasteiger partial charge in [-0.15, -0.1) is 11.3 Å². The van der Waals surface area contributed by atoms with Crippen molar-refractivity contribution in [2.24, 2.45) is 5.73 Å². The molecule has 18 heavy (non-hydrogen) atoms. The Morgan fingerprint density at radius 3 is 2.83 bits per heavy atom. The van der Waals surface area contributed by atoms with E-state index in [4.69, 9.17) is 18.0 Å². The highest BCUT2D eigenvalue weighted by Crippen LogP contribution is 2.23. The molecular formula is C13H13BrN2S2. The van der Waals surface area contributed by atoms with E-state index in [1.807, 2.05) is 18.2 Å². The van der Waals surface area contributed by atoms with Crippen LogP contribution in [0.2, 0.25) is 0 Å². The van der Waals surface area contributed by atoms with E-state index >= 15 is 0 Å². The van der Waals surface area contributed by atoms with Gasteiger partial charge in [-0.05, 0) is 42.1 Å². The fourth-order valence-electron chi connectivity index (χ4n) is 1.64. The van der Waals surface area contributed by atoms with Gasteiger partial charge in [0.15, 0.2) is 0 Å². The van der Waals surface area contributed by atoms with Gasteiger partial charge >= 0.3 is 0 Å². The van der Waals surface area contributed by atoms with Crippen LogP contribution in [0.5, 0.6) is 0 Å². The lowest BCUT2D eigenvalue weighted by molar-refractivity contribution is 1.16. The number of aryl methyl sites for hydroxylation is 1. The van der Waals surface area contributed by atoms with E-state index in [0.29, 0.717) is 4.99 Å². The van der Waals surface area contributed by atoms with Crippen molar-refractivity contribution in [3.05, 3.63) is 50.1 Å². The number of anilines is 1. The number of thiophene rings is 1. The van der Waals surface area contributed by atoms with Gasteiger partial charge in [0.1, 0.15) is 4.99 Å². The van der Waals surface area contributed by atoms with Crippen molar-refractivity contribution < 1.29 is 0 Å². The lowest BCUT2D eigenvalue weighted by atomic mass is 10.1. The first-order valence-electron chi connectivity index (χ1n) is 5.44. The summed E-state index contributed by atoms with van der Waals surface area (Å²) in [4.78, 5) is 1.73. The number of rotatable bonds is 4. The Morgan fingerprint density at radius 2 is 2.22 bits per heavy atom. The number of nitrogens with one attached hydrogen (secondary N) is 1. The number of halogens is 1. The maximum atomic E-state index is 5.74. The Balaban J connectivity index is 2.19. The summed E-state index contributed by atoms with van der Waals surface area (Å²) >= 11 is 10.2. The average molecular weight is 341 g/mol. The van der Waals surface area contributed by atoms with Crippen molar-refractivity contribution in [1.82, 2.24) is 0 Å². The molecule has 0 atom stereocenters. The number of thiocarbonyl (C=S) groups is 1. The van der Waals surface area contributed by atoms with Crippen LogP contribution in [0.3, 0.4) is 0 Å². The van der Waals surface area contributed by atoms with Crippen molar-refractivity contribution in [2.45, 2.75) is 13.5 Å². The molecule has 0 aliphatic rings.